The fraction of sp³-hybridized carbons (Fsp3) is 0.333. The van der Waals surface area contributed by atoms with Crippen molar-refractivity contribution in [3.8, 4) is 11.3 Å². The molecule has 1 aromatic heterocycles. The second-order valence-electron chi connectivity index (χ2n) is 5.79. The molecule has 1 N–H and O–H groups in total. The van der Waals surface area contributed by atoms with Gasteiger partial charge in [-0.25, -0.2) is 8.42 Å². The van der Waals surface area contributed by atoms with Crippen LogP contribution in [0.15, 0.2) is 45.9 Å². The second kappa shape index (κ2) is 6.40. The third-order valence-electron chi connectivity index (χ3n) is 4.23. The fourth-order valence-corrected chi connectivity index (χ4v) is 4.62. The van der Waals surface area contributed by atoms with Crippen LogP contribution >= 0.6 is 0 Å². The summed E-state index contributed by atoms with van der Waals surface area (Å²) in [5.74, 6) is -5.69. The van der Waals surface area contributed by atoms with E-state index in [0.29, 0.717) is 4.31 Å². The monoisotopic (exact) mass is 390 g/mol. The Kier molecular flexibility index (Phi) is 4.53. The average Bonchev–Trinajstić information content (AvgIpc) is 3.24. The largest absolute Gasteiger partial charge is 0.481 e. The van der Waals surface area contributed by atoms with E-state index in [0.717, 1.165) is 0 Å². The number of hydrogen-bond acceptors (Lipinski definition) is 5. The van der Waals surface area contributed by atoms with E-state index < -0.39 is 47.1 Å². The van der Waals surface area contributed by atoms with Crippen LogP contribution in [-0.4, -0.2) is 48.2 Å². The molecule has 1 saturated heterocycles. The van der Waals surface area contributed by atoms with Crippen LogP contribution in [0.4, 0.5) is 13.2 Å². The van der Waals surface area contributed by atoms with Gasteiger partial charge < -0.3 is 9.63 Å². The van der Waals surface area contributed by atoms with E-state index >= 15 is 0 Å². The van der Waals surface area contributed by atoms with Gasteiger partial charge in [0.1, 0.15) is 0 Å². The molecule has 2 aromatic rings. The maximum atomic E-state index is 13.1. The Morgan fingerprint density at radius 1 is 1.23 bits per heavy atom. The van der Waals surface area contributed by atoms with Gasteiger partial charge in [-0.3, -0.25) is 4.79 Å². The van der Waals surface area contributed by atoms with E-state index in [-0.39, 0.29) is 16.2 Å². The van der Waals surface area contributed by atoms with Gasteiger partial charge in [-0.1, -0.05) is 17.3 Å². The van der Waals surface area contributed by atoms with E-state index in [1.165, 1.54) is 30.5 Å². The minimum absolute atomic E-state index is 0.130. The van der Waals surface area contributed by atoms with Gasteiger partial charge >= 0.3 is 12.1 Å². The molecule has 1 aliphatic heterocycles. The molecule has 11 heteroatoms. The Labute approximate surface area is 146 Å². The normalized spacial score (nSPS) is 21.8. The molecule has 0 bridgehead atoms. The van der Waals surface area contributed by atoms with Crippen LogP contribution in [0.1, 0.15) is 0 Å². The topological polar surface area (TPSA) is 101 Å². The summed E-state index contributed by atoms with van der Waals surface area (Å²) >= 11 is 0. The predicted molar refractivity (Wildman–Crippen MR) is 81.4 cm³/mol. The van der Waals surface area contributed by atoms with Gasteiger partial charge in [0.25, 0.3) is 0 Å². The highest BCUT2D eigenvalue weighted by Gasteiger charge is 2.55. The van der Waals surface area contributed by atoms with Gasteiger partial charge in [0, 0.05) is 24.7 Å². The summed E-state index contributed by atoms with van der Waals surface area (Å²) in [6.45, 7) is -1.71. The second-order valence-corrected chi connectivity index (χ2v) is 7.69. The first-order valence-corrected chi connectivity index (χ1v) is 8.86. The molecule has 1 aromatic carbocycles. The zero-order valence-corrected chi connectivity index (χ0v) is 13.9. The molecule has 26 heavy (non-hydrogen) atoms. The van der Waals surface area contributed by atoms with E-state index in [1.807, 2.05) is 0 Å². The Morgan fingerprint density at radius 3 is 2.46 bits per heavy atom. The molecule has 140 valence electrons. The maximum absolute atomic E-state index is 13.1. The van der Waals surface area contributed by atoms with Crippen molar-refractivity contribution in [3.63, 3.8) is 0 Å². The lowest BCUT2D eigenvalue weighted by atomic mass is 9.96. The highest BCUT2D eigenvalue weighted by atomic mass is 32.2. The lowest BCUT2D eigenvalue weighted by Crippen LogP contribution is -2.34. The maximum Gasteiger partial charge on any atom is 0.393 e. The Bertz CT molecular complexity index is 912. The number of sulfonamides is 1. The molecule has 1 fully saturated rings. The van der Waals surface area contributed by atoms with Gasteiger partial charge in [-0.05, 0) is 12.1 Å². The first-order valence-electron chi connectivity index (χ1n) is 7.42. The number of carbonyl (C=O) groups is 1. The minimum Gasteiger partial charge on any atom is -0.481 e. The minimum atomic E-state index is -4.82. The molecule has 0 unspecified atom stereocenters. The molecule has 0 saturated carbocycles. The number of halogens is 3. The number of nitrogens with zero attached hydrogens (tertiary/aromatic N) is 2. The highest BCUT2D eigenvalue weighted by Crippen LogP contribution is 2.40. The van der Waals surface area contributed by atoms with Crippen LogP contribution in [0, 0.1) is 11.8 Å². The zero-order valence-electron chi connectivity index (χ0n) is 13.0. The van der Waals surface area contributed by atoms with Crippen molar-refractivity contribution in [1.29, 1.82) is 0 Å². The Hall–Kier alpha value is -2.40. The third kappa shape index (κ3) is 3.19. The number of rotatable bonds is 4. The number of aliphatic carboxylic acids is 1. The van der Waals surface area contributed by atoms with Crippen molar-refractivity contribution in [1.82, 2.24) is 9.46 Å². The van der Waals surface area contributed by atoms with E-state index in [4.69, 9.17) is 9.63 Å². The Morgan fingerprint density at radius 2 is 1.92 bits per heavy atom. The van der Waals surface area contributed by atoms with Gasteiger partial charge in [0.15, 0.2) is 5.76 Å². The molecule has 2 heterocycles. The molecular formula is C15H13F3N2O5S. The van der Waals surface area contributed by atoms with Crippen molar-refractivity contribution in [3.05, 3.63) is 36.5 Å². The number of benzene rings is 1. The number of hydrogen-bond donors (Lipinski definition) is 1. The van der Waals surface area contributed by atoms with E-state index in [9.17, 15) is 26.4 Å². The Balaban J connectivity index is 2.02. The number of carboxylic acid groups (broad SMARTS) is 1. The van der Waals surface area contributed by atoms with Crippen LogP contribution < -0.4 is 0 Å². The van der Waals surface area contributed by atoms with Crippen LogP contribution in [0.3, 0.4) is 0 Å². The van der Waals surface area contributed by atoms with Gasteiger partial charge in [-0.15, -0.1) is 0 Å². The number of carboxylic acids is 1. The third-order valence-corrected chi connectivity index (χ3v) is 6.12. The fourth-order valence-electron chi connectivity index (χ4n) is 2.93. The van der Waals surface area contributed by atoms with Gasteiger partial charge in [0.05, 0.1) is 22.9 Å². The average molecular weight is 390 g/mol. The lowest BCUT2D eigenvalue weighted by Gasteiger charge is -2.19. The molecular weight excluding hydrogens is 377 g/mol. The van der Waals surface area contributed by atoms with Crippen LogP contribution in [0.25, 0.3) is 11.3 Å². The molecule has 7 nitrogen and oxygen atoms in total. The first-order chi connectivity index (χ1) is 12.1. The van der Waals surface area contributed by atoms with Crippen LogP contribution in [-0.2, 0) is 14.8 Å². The van der Waals surface area contributed by atoms with Crippen molar-refractivity contribution >= 4 is 16.0 Å². The quantitative estimate of drug-likeness (QED) is 0.859. The van der Waals surface area contributed by atoms with Crippen LogP contribution in [0.2, 0.25) is 0 Å². The summed E-state index contributed by atoms with van der Waals surface area (Å²) in [5, 5.41) is 12.6. The van der Waals surface area contributed by atoms with E-state index in [2.05, 4.69) is 5.16 Å². The molecule has 0 aliphatic carbocycles. The summed E-state index contributed by atoms with van der Waals surface area (Å²) in [5.41, 5.74) is 0.132. The summed E-state index contributed by atoms with van der Waals surface area (Å²) in [7, 11) is -4.37. The summed E-state index contributed by atoms with van der Waals surface area (Å²) < 4.78 is 70.7. The summed E-state index contributed by atoms with van der Waals surface area (Å²) in [6.07, 6.45) is -3.52. The van der Waals surface area contributed by atoms with Crippen molar-refractivity contribution in [2.45, 2.75) is 11.1 Å². The lowest BCUT2D eigenvalue weighted by molar-refractivity contribution is -0.187. The molecule has 0 radical (unpaired) electrons. The van der Waals surface area contributed by atoms with Crippen molar-refractivity contribution in [2.24, 2.45) is 11.8 Å². The van der Waals surface area contributed by atoms with Gasteiger partial charge in [-0.2, -0.15) is 17.5 Å². The number of aromatic nitrogens is 1. The zero-order chi connectivity index (χ0) is 19.1. The first kappa shape index (κ1) is 18.4. The van der Waals surface area contributed by atoms with Crippen LogP contribution in [0.5, 0.6) is 0 Å². The summed E-state index contributed by atoms with van der Waals surface area (Å²) in [6, 6.07) is 7.03. The van der Waals surface area contributed by atoms with Crippen molar-refractivity contribution in [2.75, 3.05) is 13.1 Å². The summed E-state index contributed by atoms with van der Waals surface area (Å²) in [4.78, 5) is 10.9. The number of alkyl halides is 3. The molecule has 3 rings (SSSR count). The standard InChI is InChI=1S/C15H13F3N2O5S/c16-15(17,18)11-8-20(7-10(11)14(21)22)26(23,24)13-4-2-1-3-9(13)12-5-6-19-25-12/h1-6,10-11H,7-8H2,(H,21,22)/t10-,11-/m1/s1. The smallest absolute Gasteiger partial charge is 0.393 e. The molecule has 0 amide bonds. The van der Waals surface area contributed by atoms with E-state index in [1.54, 1.807) is 6.07 Å². The molecule has 1 aliphatic rings. The molecule has 2 atom stereocenters. The SMILES string of the molecule is O=C(O)[C@@H]1CN(S(=O)(=O)c2ccccc2-c2ccno2)C[C@H]1C(F)(F)F. The van der Waals surface area contributed by atoms with Crippen molar-refractivity contribution < 1.29 is 36.0 Å². The predicted octanol–water partition coefficient (Wildman–Crippen LogP) is 2.23. The molecule has 0 spiro atoms. The highest BCUT2D eigenvalue weighted by molar-refractivity contribution is 7.89. The van der Waals surface area contributed by atoms with Gasteiger partial charge in [0.2, 0.25) is 10.0 Å².